The van der Waals surface area contributed by atoms with Gasteiger partial charge in [-0.15, -0.1) is 0 Å². The Labute approximate surface area is 143 Å². The number of hydrogen-bond donors (Lipinski definition) is 1. The summed E-state index contributed by atoms with van der Waals surface area (Å²) >= 11 is 0. The number of aryl methyl sites for hydroxylation is 3. The van der Waals surface area contributed by atoms with Crippen LogP contribution in [-0.2, 0) is 4.79 Å². The molecule has 0 aliphatic carbocycles. The van der Waals surface area contributed by atoms with Gasteiger partial charge in [0.15, 0.2) is 6.04 Å². The average molecular weight is 322 g/mol. The fourth-order valence-electron chi connectivity index (χ4n) is 3.02. The van der Waals surface area contributed by atoms with Crippen LogP contribution in [0.1, 0.15) is 57.7 Å². The van der Waals surface area contributed by atoms with Crippen LogP contribution in [0.25, 0.3) is 0 Å². The fraction of sp³-hybridized carbons (Fsp3) is 0.650. The average Bonchev–Trinajstić information content (AvgIpc) is 2.51. The van der Waals surface area contributed by atoms with Crippen LogP contribution in [0.5, 0.6) is 0 Å². The predicted molar refractivity (Wildman–Crippen MR) is 102 cm³/mol. The molecule has 0 radical (unpaired) electrons. The Balaban J connectivity index is 0.00000232. The number of anilines is 1. The highest BCUT2D eigenvalue weighted by molar-refractivity contribution is 5.95. The lowest BCUT2D eigenvalue weighted by atomic mass is 10.0. The molecule has 0 heterocycles. The molecule has 0 aromatic heterocycles. The Hall–Kier alpha value is -1.35. The molecule has 132 valence electrons. The molecule has 0 saturated carbocycles. The molecule has 23 heavy (non-hydrogen) atoms. The predicted octanol–water partition coefficient (Wildman–Crippen LogP) is 4.84. The number of rotatable bonds is 6. The number of benzene rings is 1. The van der Waals surface area contributed by atoms with E-state index < -0.39 is 0 Å². The first-order chi connectivity index (χ1) is 10.7. The second kappa shape index (κ2) is 9.71. The van der Waals surface area contributed by atoms with Crippen LogP contribution in [0.3, 0.4) is 0 Å². The smallest absolute Gasteiger partial charge is 0.282 e. The van der Waals surface area contributed by atoms with Gasteiger partial charge in [0.2, 0.25) is 0 Å². The van der Waals surface area contributed by atoms with Crippen molar-refractivity contribution in [3.63, 3.8) is 0 Å². The van der Waals surface area contributed by atoms with E-state index in [9.17, 15) is 4.79 Å². The molecule has 1 rings (SSSR count). The molecular weight excluding hydrogens is 284 g/mol. The summed E-state index contributed by atoms with van der Waals surface area (Å²) in [5, 5.41) is 3.15. The Morgan fingerprint density at radius 2 is 1.61 bits per heavy atom. The summed E-state index contributed by atoms with van der Waals surface area (Å²) in [6, 6.07) is 4.19. The fourth-order valence-corrected chi connectivity index (χ4v) is 3.02. The molecule has 0 saturated heterocycles. The lowest BCUT2D eigenvalue weighted by molar-refractivity contribution is -0.921. The van der Waals surface area contributed by atoms with Gasteiger partial charge in [0, 0.05) is 5.69 Å². The molecule has 3 nitrogen and oxygen atoms in total. The van der Waals surface area contributed by atoms with Crippen molar-refractivity contribution in [3.8, 4) is 0 Å². The third-order valence-electron chi connectivity index (χ3n) is 4.70. The van der Waals surface area contributed by atoms with Crippen LogP contribution < -0.4 is 5.32 Å². The summed E-state index contributed by atoms with van der Waals surface area (Å²) < 4.78 is 0.784. The molecule has 0 aliphatic rings. The van der Waals surface area contributed by atoms with Crippen LogP contribution in [0, 0.1) is 20.8 Å². The van der Waals surface area contributed by atoms with Gasteiger partial charge < -0.3 is 9.80 Å². The molecule has 0 spiro atoms. The standard InChI is InChI=1S/C18H30N2O.C2H6/c1-8-10-20(7,9-2)16(6)18(21)19-17-14(4)11-13(3)12-15(17)5;1-2/h11-12,16H,8-10H2,1-7H3;1-2H3/p+1. The topological polar surface area (TPSA) is 29.1 Å². The Morgan fingerprint density at radius 1 is 1.13 bits per heavy atom. The minimum atomic E-state index is -0.0462. The zero-order valence-electron chi connectivity index (χ0n) is 16.7. The number of quaternary nitrogens is 1. The van der Waals surface area contributed by atoms with Gasteiger partial charge in [-0.2, -0.15) is 0 Å². The quantitative estimate of drug-likeness (QED) is 0.746. The number of hydrogen-bond acceptors (Lipinski definition) is 1. The normalized spacial score (nSPS) is 14.3. The largest absolute Gasteiger partial charge is 0.320 e. The van der Waals surface area contributed by atoms with Gasteiger partial charge in [-0.25, -0.2) is 0 Å². The van der Waals surface area contributed by atoms with E-state index in [1.165, 1.54) is 5.56 Å². The lowest BCUT2D eigenvalue weighted by Gasteiger charge is -2.38. The van der Waals surface area contributed by atoms with Gasteiger partial charge in [0.25, 0.3) is 5.91 Å². The van der Waals surface area contributed by atoms with E-state index in [0.29, 0.717) is 0 Å². The Kier molecular flexibility index (Phi) is 9.14. The molecule has 2 unspecified atom stereocenters. The van der Waals surface area contributed by atoms with Crippen molar-refractivity contribution < 1.29 is 9.28 Å². The maximum Gasteiger partial charge on any atom is 0.282 e. The maximum atomic E-state index is 12.7. The summed E-state index contributed by atoms with van der Waals surface area (Å²) in [4.78, 5) is 12.7. The third kappa shape index (κ3) is 5.65. The number of amides is 1. The Morgan fingerprint density at radius 3 is 2.00 bits per heavy atom. The highest BCUT2D eigenvalue weighted by Gasteiger charge is 2.32. The number of nitrogens with zero attached hydrogens (tertiary/aromatic N) is 1. The van der Waals surface area contributed by atoms with Crippen molar-refractivity contribution in [1.82, 2.24) is 0 Å². The van der Waals surface area contributed by atoms with E-state index in [0.717, 1.165) is 40.8 Å². The van der Waals surface area contributed by atoms with Crippen LogP contribution in [-0.4, -0.2) is 36.6 Å². The lowest BCUT2D eigenvalue weighted by Crippen LogP contribution is -2.56. The second-order valence-corrected chi connectivity index (χ2v) is 6.46. The molecule has 1 amide bonds. The molecule has 1 N–H and O–H groups in total. The van der Waals surface area contributed by atoms with E-state index >= 15 is 0 Å². The summed E-state index contributed by atoms with van der Waals surface area (Å²) in [7, 11) is 2.17. The highest BCUT2D eigenvalue weighted by Crippen LogP contribution is 2.23. The van der Waals surface area contributed by atoms with Crippen molar-refractivity contribution >= 4 is 11.6 Å². The third-order valence-corrected chi connectivity index (χ3v) is 4.70. The summed E-state index contributed by atoms with van der Waals surface area (Å²) in [6.07, 6.45) is 1.09. The van der Waals surface area contributed by atoms with Crippen molar-refractivity contribution in [2.45, 2.75) is 67.9 Å². The van der Waals surface area contributed by atoms with E-state index in [4.69, 9.17) is 0 Å². The van der Waals surface area contributed by atoms with Crippen molar-refractivity contribution in [1.29, 1.82) is 0 Å². The van der Waals surface area contributed by atoms with Gasteiger partial charge in [-0.3, -0.25) is 4.79 Å². The van der Waals surface area contributed by atoms with Crippen molar-refractivity contribution in [2.24, 2.45) is 0 Å². The molecular formula is C20H37N2O+. The first-order valence-electron chi connectivity index (χ1n) is 8.98. The zero-order chi connectivity index (χ0) is 18.2. The monoisotopic (exact) mass is 321 g/mol. The minimum absolute atomic E-state index is 0.0462. The zero-order valence-corrected chi connectivity index (χ0v) is 16.7. The molecule has 0 fully saturated rings. The first-order valence-corrected chi connectivity index (χ1v) is 8.98. The van der Waals surface area contributed by atoms with E-state index in [2.05, 4.69) is 59.1 Å². The van der Waals surface area contributed by atoms with Crippen LogP contribution in [0.4, 0.5) is 5.69 Å². The second-order valence-electron chi connectivity index (χ2n) is 6.46. The molecule has 2 atom stereocenters. The van der Waals surface area contributed by atoms with Gasteiger partial charge >= 0.3 is 0 Å². The number of carbonyl (C=O) groups excluding carboxylic acids is 1. The van der Waals surface area contributed by atoms with Gasteiger partial charge in [-0.1, -0.05) is 38.5 Å². The van der Waals surface area contributed by atoms with Crippen LogP contribution >= 0.6 is 0 Å². The SMILES string of the molecule is CC.CCC[N+](C)(CC)C(C)C(=O)Nc1c(C)cc(C)cc1C. The number of carbonyl (C=O) groups is 1. The minimum Gasteiger partial charge on any atom is -0.320 e. The number of nitrogens with one attached hydrogen (secondary N) is 1. The van der Waals surface area contributed by atoms with E-state index in [1.54, 1.807) is 0 Å². The summed E-state index contributed by atoms with van der Waals surface area (Å²) in [5.74, 6) is 0.114. The van der Waals surface area contributed by atoms with E-state index in [-0.39, 0.29) is 11.9 Å². The molecule has 0 aliphatic heterocycles. The van der Waals surface area contributed by atoms with Gasteiger partial charge in [0.1, 0.15) is 0 Å². The van der Waals surface area contributed by atoms with E-state index in [1.807, 2.05) is 20.8 Å². The summed E-state index contributed by atoms with van der Waals surface area (Å²) in [5.41, 5.74) is 4.47. The molecule has 0 bridgehead atoms. The first kappa shape index (κ1) is 21.6. The van der Waals surface area contributed by atoms with Gasteiger partial charge in [-0.05, 0) is 52.2 Å². The highest BCUT2D eigenvalue weighted by atomic mass is 16.2. The number of likely N-dealkylation sites (N-methyl/N-ethyl adjacent to an activating group) is 1. The molecule has 1 aromatic carbocycles. The van der Waals surface area contributed by atoms with Gasteiger partial charge in [0.05, 0.1) is 20.1 Å². The maximum absolute atomic E-state index is 12.7. The Bertz CT molecular complexity index is 487. The van der Waals surface area contributed by atoms with Crippen LogP contribution in [0.15, 0.2) is 12.1 Å². The molecule has 1 aromatic rings. The summed E-state index contributed by atoms with van der Waals surface area (Å²) in [6.45, 7) is 18.5. The molecule has 3 heteroatoms. The van der Waals surface area contributed by atoms with Crippen molar-refractivity contribution in [3.05, 3.63) is 28.8 Å². The van der Waals surface area contributed by atoms with Crippen molar-refractivity contribution in [2.75, 3.05) is 25.5 Å². The van der Waals surface area contributed by atoms with Crippen LogP contribution in [0.2, 0.25) is 0 Å².